The van der Waals surface area contributed by atoms with E-state index >= 15 is 0 Å². The number of carbonyl (C=O) groups excluding carboxylic acids is 3. The van der Waals surface area contributed by atoms with Crippen molar-refractivity contribution in [3.63, 3.8) is 0 Å². The van der Waals surface area contributed by atoms with Crippen LogP contribution in [0.5, 0.6) is 0 Å². The van der Waals surface area contributed by atoms with Crippen molar-refractivity contribution in [1.29, 1.82) is 0 Å². The van der Waals surface area contributed by atoms with Gasteiger partial charge in [-0.3, -0.25) is 24.0 Å². The zero-order valence-corrected chi connectivity index (χ0v) is 18.0. The Morgan fingerprint density at radius 3 is 1.97 bits per heavy atom. The number of aromatic nitrogens is 4. The summed E-state index contributed by atoms with van der Waals surface area (Å²) in [6.07, 6.45) is 5.01. The summed E-state index contributed by atoms with van der Waals surface area (Å²) >= 11 is 0. The van der Waals surface area contributed by atoms with Gasteiger partial charge in [0, 0.05) is 43.0 Å². The number of carboxylic acid groups (broad SMARTS) is 2. The molecule has 3 amide bonds. The van der Waals surface area contributed by atoms with Crippen molar-refractivity contribution in [3.8, 4) is 0 Å². The molecule has 3 unspecified atom stereocenters. The molecule has 2 heterocycles. The third kappa shape index (κ3) is 8.70. The van der Waals surface area contributed by atoms with E-state index in [9.17, 15) is 24.0 Å². The number of nitrogens with two attached hydrogens (primary N) is 1. The monoisotopic (exact) mass is 478 g/mol. The van der Waals surface area contributed by atoms with Crippen LogP contribution in [-0.2, 0) is 36.8 Å². The number of aliphatic carboxylic acids is 2. The Labute approximate surface area is 192 Å². The molecule has 0 aliphatic rings. The predicted molar refractivity (Wildman–Crippen MR) is 114 cm³/mol. The molecule has 0 spiro atoms. The van der Waals surface area contributed by atoms with Crippen LogP contribution < -0.4 is 21.7 Å². The number of nitrogens with zero attached hydrogens (tertiary/aromatic N) is 2. The molecule has 34 heavy (non-hydrogen) atoms. The fraction of sp³-hybridized carbons (Fsp3) is 0.421. The van der Waals surface area contributed by atoms with Crippen molar-refractivity contribution in [2.24, 2.45) is 5.73 Å². The van der Waals surface area contributed by atoms with Gasteiger partial charge in [0.1, 0.15) is 18.6 Å². The van der Waals surface area contributed by atoms with E-state index in [-0.39, 0.29) is 19.3 Å². The van der Waals surface area contributed by atoms with E-state index in [1.807, 2.05) is 0 Å². The summed E-state index contributed by atoms with van der Waals surface area (Å²) in [5.74, 6) is -4.80. The lowest BCUT2D eigenvalue weighted by molar-refractivity contribution is -0.138. The van der Waals surface area contributed by atoms with Crippen LogP contribution in [0.3, 0.4) is 0 Å². The highest BCUT2D eigenvalue weighted by Gasteiger charge is 2.29. The Hall–Kier alpha value is -4.27. The third-order valence-electron chi connectivity index (χ3n) is 4.64. The number of H-pyrrole nitrogens is 2. The summed E-state index contributed by atoms with van der Waals surface area (Å²) in [6.45, 7) is -0.671. The zero-order chi connectivity index (χ0) is 25.1. The van der Waals surface area contributed by atoms with Gasteiger partial charge in [-0.15, -0.1) is 0 Å². The Morgan fingerprint density at radius 2 is 1.44 bits per heavy atom. The summed E-state index contributed by atoms with van der Waals surface area (Å²) in [5, 5.41) is 24.8. The molecule has 0 aromatic carbocycles. The van der Waals surface area contributed by atoms with Gasteiger partial charge in [-0.1, -0.05) is 0 Å². The van der Waals surface area contributed by atoms with E-state index in [4.69, 9.17) is 15.9 Å². The molecule has 2 rings (SSSR count). The molecule has 2 aromatic rings. The van der Waals surface area contributed by atoms with Crippen LogP contribution in [0.25, 0.3) is 0 Å². The normalized spacial score (nSPS) is 13.3. The standard InChI is InChI=1S/C19H26N8O7/c20-12(3-10-5-21-8-24-10)17(32)26-13(1-2-15(28)29)19(34)27-14(4-11-6-22-9-25-11)18(33)23-7-16(30)31/h5-6,8-9,12-14H,1-4,7,20H2,(H,21,24)(H,22,25)(H,23,33)(H,26,32)(H,27,34)(H,28,29)(H,30,31). The maximum absolute atomic E-state index is 12.9. The summed E-state index contributed by atoms with van der Waals surface area (Å²) < 4.78 is 0. The Balaban J connectivity index is 2.10. The minimum absolute atomic E-state index is 0.0594. The van der Waals surface area contributed by atoms with E-state index in [1.165, 1.54) is 25.0 Å². The Kier molecular flexibility index (Phi) is 9.70. The number of hydrogen-bond acceptors (Lipinski definition) is 8. The quantitative estimate of drug-likeness (QED) is 0.139. The third-order valence-corrected chi connectivity index (χ3v) is 4.64. The zero-order valence-electron chi connectivity index (χ0n) is 18.0. The number of carbonyl (C=O) groups is 5. The fourth-order valence-corrected chi connectivity index (χ4v) is 2.93. The highest BCUT2D eigenvalue weighted by atomic mass is 16.4. The molecule has 0 bridgehead atoms. The first-order valence-corrected chi connectivity index (χ1v) is 10.2. The van der Waals surface area contributed by atoms with Crippen LogP contribution in [0.4, 0.5) is 0 Å². The number of rotatable bonds is 14. The highest BCUT2D eigenvalue weighted by molar-refractivity contribution is 5.94. The molecule has 0 aliphatic heterocycles. The van der Waals surface area contributed by atoms with Crippen molar-refractivity contribution < 1.29 is 34.2 Å². The molecule has 2 aromatic heterocycles. The van der Waals surface area contributed by atoms with Gasteiger partial charge >= 0.3 is 11.9 Å². The first-order valence-electron chi connectivity index (χ1n) is 10.2. The molecule has 0 radical (unpaired) electrons. The van der Waals surface area contributed by atoms with Gasteiger partial charge in [0.05, 0.1) is 18.7 Å². The molecule has 15 heteroatoms. The second-order valence-corrected chi connectivity index (χ2v) is 7.33. The molecule has 0 saturated carbocycles. The molecule has 184 valence electrons. The summed E-state index contributed by atoms with van der Waals surface area (Å²) in [7, 11) is 0. The molecule has 0 saturated heterocycles. The van der Waals surface area contributed by atoms with Gasteiger partial charge in [0.15, 0.2) is 0 Å². The lowest BCUT2D eigenvalue weighted by Gasteiger charge is -2.23. The molecule has 3 atom stereocenters. The van der Waals surface area contributed by atoms with Gasteiger partial charge in [0.25, 0.3) is 0 Å². The minimum Gasteiger partial charge on any atom is -0.481 e. The number of aromatic amines is 2. The molecule has 9 N–H and O–H groups in total. The van der Waals surface area contributed by atoms with Crippen molar-refractivity contribution in [2.45, 2.75) is 43.8 Å². The second kappa shape index (κ2) is 12.7. The largest absolute Gasteiger partial charge is 0.481 e. The van der Waals surface area contributed by atoms with Gasteiger partial charge in [0.2, 0.25) is 17.7 Å². The average molecular weight is 478 g/mol. The van der Waals surface area contributed by atoms with E-state index in [0.717, 1.165) is 0 Å². The maximum atomic E-state index is 12.9. The van der Waals surface area contributed by atoms with Crippen LogP contribution in [0.2, 0.25) is 0 Å². The highest BCUT2D eigenvalue weighted by Crippen LogP contribution is 2.05. The molecular weight excluding hydrogens is 452 g/mol. The first-order chi connectivity index (χ1) is 16.2. The summed E-state index contributed by atoms with van der Waals surface area (Å²) in [4.78, 5) is 72.9. The lowest BCUT2D eigenvalue weighted by atomic mass is 10.1. The van der Waals surface area contributed by atoms with Gasteiger partial charge in [-0.05, 0) is 6.42 Å². The minimum atomic E-state index is -1.31. The topological polar surface area (TPSA) is 245 Å². The second-order valence-electron chi connectivity index (χ2n) is 7.33. The van der Waals surface area contributed by atoms with Crippen molar-refractivity contribution >= 4 is 29.7 Å². The van der Waals surface area contributed by atoms with Crippen LogP contribution in [0.1, 0.15) is 24.2 Å². The number of nitrogens with one attached hydrogen (secondary N) is 5. The van der Waals surface area contributed by atoms with E-state index in [2.05, 4.69) is 35.9 Å². The average Bonchev–Trinajstić information content (AvgIpc) is 3.48. The van der Waals surface area contributed by atoms with Crippen molar-refractivity contribution in [3.05, 3.63) is 36.4 Å². The van der Waals surface area contributed by atoms with Gasteiger partial charge < -0.3 is 41.9 Å². The van der Waals surface area contributed by atoms with Crippen LogP contribution >= 0.6 is 0 Å². The molecule has 15 nitrogen and oxygen atoms in total. The van der Waals surface area contributed by atoms with Crippen LogP contribution in [0, 0.1) is 0 Å². The lowest BCUT2D eigenvalue weighted by Crippen LogP contribution is -2.56. The predicted octanol–water partition coefficient (Wildman–Crippen LogP) is -2.72. The molecule has 0 fully saturated rings. The smallest absolute Gasteiger partial charge is 0.322 e. The summed E-state index contributed by atoms with van der Waals surface area (Å²) in [6, 6.07) is -3.59. The Morgan fingerprint density at radius 1 is 0.853 bits per heavy atom. The van der Waals surface area contributed by atoms with Gasteiger partial charge in [-0.2, -0.15) is 0 Å². The number of carboxylic acids is 2. The first kappa shape index (κ1) is 26.0. The van der Waals surface area contributed by atoms with Crippen LogP contribution in [0.15, 0.2) is 25.0 Å². The number of amides is 3. The number of imidazole rings is 2. The number of hydrogen-bond donors (Lipinski definition) is 8. The van der Waals surface area contributed by atoms with E-state index < -0.39 is 60.8 Å². The SMILES string of the molecule is NC(Cc1cnc[nH]1)C(=O)NC(CCC(=O)O)C(=O)NC(Cc1cnc[nH]1)C(=O)NCC(=O)O. The van der Waals surface area contributed by atoms with Crippen molar-refractivity contribution in [2.75, 3.05) is 6.54 Å². The Bertz CT molecular complexity index is 977. The van der Waals surface area contributed by atoms with Gasteiger partial charge in [-0.25, -0.2) is 9.97 Å². The molecular formula is C19H26N8O7. The summed E-state index contributed by atoms with van der Waals surface area (Å²) in [5.41, 5.74) is 6.94. The van der Waals surface area contributed by atoms with E-state index in [0.29, 0.717) is 11.4 Å². The van der Waals surface area contributed by atoms with Crippen molar-refractivity contribution in [1.82, 2.24) is 35.9 Å². The van der Waals surface area contributed by atoms with E-state index in [1.54, 1.807) is 0 Å². The maximum Gasteiger partial charge on any atom is 0.322 e. The van der Waals surface area contributed by atoms with Crippen LogP contribution in [-0.4, -0.2) is 84.5 Å². The molecule has 0 aliphatic carbocycles. The fourth-order valence-electron chi connectivity index (χ4n) is 2.93.